The first-order valence-corrected chi connectivity index (χ1v) is 8.48. The lowest BCUT2D eigenvalue weighted by atomic mass is 10.1. The third-order valence-electron chi connectivity index (χ3n) is 4.00. The van der Waals surface area contributed by atoms with Crippen LogP contribution in [0.4, 0.5) is 5.69 Å². The highest BCUT2D eigenvalue weighted by atomic mass is 35.5. The minimum atomic E-state index is -0.388. The number of nitrogens with zero attached hydrogens (tertiary/aromatic N) is 2. The van der Waals surface area contributed by atoms with Crippen LogP contribution in [0.5, 0.6) is 5.75 Å². The Morgan fingerprint density at radius 1 is 1.19 bits per heavy atom. The highest BCUT2D eigenvalue weighted by Crippen LogP contribution is 2.32. The van der Waals surface area contributed by atoms with Crippen LogP contribution in [0, 0.1) is 0 Å². The van der Waals surface area contributed by atoms with Crippen molar-refractivity contribution < 1.29 is 13.9 Å². The van der Waals surface area contributed by atoms with Gasteiger partial charge in [0.15, 0.2) is 5.58 Å². The molecule has 6 nitrogen and oxygen atoms in total. The van der Waals surface area contributed by atoms with E-state index >= 15 is 0 Å². The van der Waals surface area contributed by atoms with Gasteiger partial charge in [0.2, 0.25) is 5.89 Å². The van der Waals surface area contributed by atoms with Crippen LogP contribution < -0.4 is 10.1 Å². The molecule has 7 heteroatoms. The second-order valence-electron chi connectivity index (χ2n) is 5.71. The number of carbonyl (C=O) groups is 1. The number of carbonyl (C=O) groups excluding carboxylic acids is 1. The molecule has 1 amide bonds. The predicted molar refractivity (Wildman–Crippen MR) is 103 cm³/mol. The maximum absolute atomic E-state index is 12.6. The average molecular weight is 380 g/mol. The quantitative estimate of drug-likeness (QED) is 0.551. The normalized spacial score (nSPS) is 10.7. The van der Waals surface area contributed by atoms with Gasteiger partial charge < -0.3 is 14.5 Å². The van der Waals surface area contributed by atoms with Crippen molar-refractivity contribution in [2.75, 3.05) is 12.4 Å². The molecule has 0 saturated heterocycles. The highest BCUT2D eigenvalue weighted by molar-refractivity contribution is 6.34. The Labute approximate surface area is 159 Å². The zero-order valence-electron chi connectivity index (χ0n) is 14.3. The highest BCUT2D eigenvalue weighted by Gasteiger charge is 2.16. The first-order chi connectivity index (χ1) is 13.2. The number of halogens is 1. The Bertz CT molecular complexity index is 1110. The molecule has 2 aromatic carbocycles. The fourth-order valence-electron chi connectivity index (χ4n) is 2.67. The van der Waals surface area contributed by atoms with Gasteiger partial charge in [-0.1, -0.05) is 23.7 Å². The van der Waals surface area contributed by atoms with Crippen molar-refractivity contribution in [2.45, 2.75) is 0 Å². The Hall–Kier alpha value is -3.38. The molecular weight excluding hydrogens is 366 g/mol. The van der Waals surface area contributed by atoms with Crippen LogP contribution in [0.3, 0.4) is 0 Å². The van der Waals surface area contributed by atoms with E-state index in [1.807, 2.05) is 30.3 Å². The van der Waals surface area contributed by atoms with Gasteiger partial charge in [0.25, 0.3) is 5.91 Å². The molecule has 134 valence electrons. The van der Waals surface area contributed by atoms with Gasteiger partial charge in [-0.05, 0) is 36.4 Å². The van der Waals surface area contributed by atoms with Crippen molar-refractivity contribution >= 4 is 34.3 Å². The van der Waals surface area contributed by atoms with Crippen LogP contribution in [-0.4, -0.2) is 23.0 Å². The van der Waals surface area contributed by atoms with Crippen LogP contribution in [0.15, 0.2) is 65.3 Å². The van der Waals surface area contributed by atoms with E-state index in [-0.39, 0.29) is 11.5 Å². The van der Waals surface area contributed by atoms with E-state index < -0.39 is 0 Å². The van der Waals surface area contributed by atoms with Crippen LogP contribution in [0.1, 0.15) is 10.4 Å². The van der Waals surface area contributed by atoms with Crippen molar-refractivity contribution in [1.82, 2.24) is 9.97 Å². The van der Waals surface area contributed by atoms with Crippen LogP contribution in [0.25, 0.3) is 22.6 Å². The maximum atomic E-state index is 12.6. The Morgan fingerprint density at radius 3 is 2.81 bits per heavy atom. The topological polar surface area (TPSA) is 77.3 Å². The summed E-state index contributed by atoms with van der Waals surface area (Å²) in [6.45, 7) is 0. The van der Waals surface area contributed by atoms with E-state index in [4.69, 9.17) is 20.8 Å². The molecule has 2 heterocycles. The van der Waals surface area contributed by atoms with Crippen LogP contribution in [0.2, 0.25) is 5.02 Å². The van der Waals surface area contributed by atoms with Crippen LogP contribution >= 0.6 is 11.6 Å². The standard InChI is InChI=1S/C20H14ClN3O3/c1-26-17-7-6-12(20-24-15-4-2-3-5-18(15)27-20)10-16(17)23-19(25)13-11-22-9-8-14(13)21/h2-11H,1H3,(H,23,25). The van der Waals surface area contributed by atoms with E-state index in [0.29, 0.717) is 33.5 Å². The SMILES string of the molecule is COc1ccc(-c2nc3ccccc3o2)cc1NC(=O)c1cnccc1Cl. The molecule has 0 radical (unpaired) electrons. The lowest BCUT2D eigenvalue weighted by molar-refractivity contribution is 0.102. The molecule has 0 aliphatic heterocycles. The number of aromatic nitrogens is 2. The van der Waals surface area contributed by atoms with Crippen molar-refractivity contribution in [3.05, 3.63) is 71.5 Å². The number of methoxy groups -OCH3 is 1. The monoisotopic (exact) mass is 379 g/mol. The second kappa shape index (κ2) is 7.09. The molecule has 4 aromatic rings. The summed E-state index contributed by atoms with van der Waals surface area (Å²) in [5, 5.41) is 3.12. The first kappa shape index (κ1) is 17.1. The third-order valence-corrected chi connectivity index (χ3v) is 4.33. The zero-order valence-corrected chi connectivity index (χ0v) is 15.0. The van der Waals surface area contributed by atoms with E-state index in [2.05, 4.69) is 15.3 Å². The van der Waals surface area contributed by atoms with Crippen molar-refractivity contribution in [2.24, 2.45) is 0 Å². The van der Waals surface area contributed by atoms with Gasteiger partial charge in [-0.3, -0.25) is 9.78 Å². The molecule has 4 rings (SSSR count). The number of nitrogens with one attached hydrogen (secondary N) is 1. The number of amides is 1. The molecule has 27 heavy (non-hydrogen) atoms. The molecule has 0 spiro atoms. The molecule has 0 unspecified atom stereocenters. The number of pyridine rings is 1. The second-order valence-corrected chi connectivity index (χ2v) is 6.12. The minimum Gasteiger partial charge on any atom is -0.495 e. The van der Waals surface area contributed by atoms with Gasteiger partial charge in [0, 0.05) is 18.0 Å². The van der Waals surface area contributed by atoms with Crippen LogP contribution in [-0.2, 0) is 0 Å². The minimum absolute atomic E-state index is 0.272. The Kier molecular flexibility index (Phi) is 4.48. The molecule has 0 aliphatic carbocycles. The van der Waals surface area contributed by atoms with Gasteiger partial charge in [-0.2, -0.15) is 0 Å². The van der Waals surface area contributed by atoms with Crippen molar-refractivity contribution in [3.63, 3.8) is 0 Å². The summed E-state index contributed by atoms with van der Waals surface area (Å²) in [5.74, 6) is 0.568. The lowest BCUT2D eigenvalue weighted by Crippen LogP contribution is -2.13. The number of fused-ring (bicyclic) bond motifs is 1. The predicted octanol–water partition coefficient (Wildman–Crippen LogP) is 4.80. The smallest absolute Gasteiger partial charge is 0.258 e. The summed E-state index contributed by atoms with van der Waals surface area (Å²) < 4.78 is 11.1. The number of benzene rings is 2. The molecule has 1 N–H and O–H groups in total. The Morgan fingerprint density at radius 2 is 2.04 bits per heavy atom. The fraction of sp³-hybridized carbons (Fsp3) is 0.0500. The molecule has 0 bridgehead atoms. The summed E-state index contributed by atoms with van der Waals surface area (Å²) in [6.07, 6.45) is 2.93. The number of oxazole rings is 1. The van der Waals surface area contributed by atoms with Gasteiger partial charge in [-0.25, -0.2) is 4.98 Å². The largest absolute Gasteiger partial charge is 0.495 e. The zero-order chi connectivity index (χ0) is 18.8. The maximum Gasteiger partial charge on any atom is 0.258 e. The van der Waals surface area contributed by atoms with Gasteiger partial charge in [0.05, 0.1) is 23.4 Å². The van der Waals surface area contributed by atoms with Crippen molar-refractivity contribution in [1.29, 1.82) is 0 Å². The van der Waals surface area contributed by atoms with Gasteiger partial charge in [-0.15, -0.1) is 0 Å². The summed E-state index contributed by atoms with van der Waals surface area (Å²) >= 11 is 6.07. The number of rotatable bonds is 4. The number of hydrogen-bond donors (Lipinski definition) is 1. The van der Waals surface area contributed by atoms with Gasteiger partial charge >= 0.3 is 0 Å². The van der Waals surface area contributed by atoms with E-state index in [1.54, 1.807) is 18.2 Å². The van der Waals surface area contributed by atoms with Gasteiger partial charge in [0.1, 0.15) is 11.3 Å². The number of para-hydroxylation sites is 2. The summed E-state index contributed by atoms with van der Waals surface area (Å²) in [6, 6.07) is 14.4. The molecule has 0 atom stereocenters. The molecular formula is C20H14ClN3O3. The third kappa shape index (κ3) is 3.35. The lowest BCUT2D eigenvalue weighted by Gasteiger charge is -2.11. The average Bonchev–Trinajstić information content (AvgIpc) is 3.12. The summed E-state index contributed by atoms with van der Waals surface area (Å²) in [4.78, 5) is 21.0. The molecule has 0 saturated carbocycles. The summed E-state index contributed by atoms with van der Waals surface area (Å²) in [5.41, 5.74) is 2.90. The Balaban J connectivity index is 1.70. The van der Waals surface area contributed by atoms with E-state index in [9.17, 15) is 4.79 Å². The molecule has 0 aliphatic rings. The van der Waals surface area contributed by atoms with Crippen molar-refractivity contribution in [3.8, 4) is 17.2 Å². The molecule has 2 aromatic heterocycles. The number of anilines is 1. The number of ether oxygens (including phenoxy) is 1. The molecule has 0 fully saturated rings. The van der Waals surface area contributed by atoms with E-state index in [1.165, 1.54) is 19.5 Å². The number of hydrogen-bond acceptors (Lipinski definition) is 5. The van der Waals surface area contributed by atoms with E-state index in [0.717, 1.165) is 5.52 Å². The fourth-order valence-corrected chi connectivity index (χ4v) is 2.86. The summed E-state index contributed by atoms with van der Waals surface area (Å²) in [7, 11) is 1.53. The first-order valence-electron chi connectivity index (χ1n) is 8.10.